The van der Waals surface area contributed by atoms with Gasteiger partial charge in [-0.3, -0.25) is 0 Å². The molecule has 3 aromatic rings. The zero-order valence-corrected chi connectivity index (χ0v) is 11.7. The van der Waals surface area contributed by atoms with Gasteiger partial charge in [0.05, 0.1) is 5.39 Å². The lowest BCUT2D eigenvalue weighted by atomic mass is 9.96. The number of benzene rings is 1. The van der Waals surface area contributed by atoms with Crippen LogP contribution in [-0.4, -0.2) is 0 Å². The summed E-state index contributed by atoms with van der Waals surface area (Å²) in [7, 11) is 0. The quantitative estimate of drug-likeness (QED) is 0.578. The third-order valence-corrected chi connectivity index (χ3v) is 4.42. The number of rotatable bonds is 0. The fourth-order valence-corrected chi connectivity index (χ4v) is 3.17. The highest BCUT2D eigenvalue weighted by Gasteiger charge is 2.23. The van der Waals surface area contributed by atoms with Crippen LogP contribution in [0.3, 0.4) is 0 Å². The van der Waals surface area contributed by atoms with Gasteiger partial charge < -0.3 is 8.83 Å². The Balaban J connectivity index is 2.22. The normalized spacial score (nSPS) is 14.9. The molecule has 0 saturated heterocycles. The molecule has 0 unspecified atom stereocenters. The number of hydrogen-bond acceptors (Lipinski definition) is 3. The van der Waals surface area contributed by atoms with Crippen molar-refractivity contribution in [1.82, 2.24) is 0 Å². The van der Waals surface area contributed by atoms with Gasteiger partial charge in [-0.15, -0.1) is 0 Å². The Morgan fingerprint density at radius 2 is 1.75 bits per heavy atom. The summed E-state index contributed by atoms with van der Waals surface area (Å²) in [6.45, 7) is 4.08. The maximum Gasteiger partial charge on any atom is 0.347 e. The predicted molar refractivity (Wildman–Crippen MR) is 78.4 cm³/mol. The van der Waals surface area contributed by atoms with Crippen LogP contribution in [0.1, 0.15) is 35.3 Å². The smallest absolute Gasteiger partial charge is 0.347 e. The van der Waals surface area contributed by atoms with Crippen molar-refractivity contribution in [3.8, 4) is 0 Å². The average molecular weight is 268 g/mol. The lowest BCUT2D eigenvalue weighted by Crippen LogP contribution is -2.05. The van der Waals surface area contributed by atoms with Gasteiger partial charge in [0.15, 0.2) is 5.58 Å². The van der Waals surface area contributed by atoms with Crippen LogP contribution in [0.5, 0.6) is 0 Å². The molecule has 1 aliphatic rings. The fourth-order valence-electron chi connectivity index (χ4n) is 3.17. The molecule has 2 aromatic heterocycles. The summed E-state index contributed by atoms with van der Waals surface area (Å²) in [4.78, 5) is 12.3. The van der Waals surface area contributed by atoms with Crippen LogP contribution in [0.4, 0.5) is 0 Å². The lowest BCUT2D eigenvalue weighted by Gasteiger charge is -2.07. The predicted octanol–water partition coefficient (Wildman–Crippen LogP) is 4.03. The molecule has 0 radical (unpaired) electrons. The maximum atomic E-state index is 12.3. The molecular formula is C17H16O3. The van der Waals surface area contributed by atoms with Crippen LogP contribution < -0.4 is 5.63 Å². The van der Waals surface area contributed by atoms with E-state index < -0.39 is 0 Å². The van der Waals surface area contributed by atoms with Gasteiger partial charge in [0.1, 0.15) is 16.7 Å². The number of fused-ring (bicyclic) bond motifs is 5. The summed E-state index contributed by atoms with van der Waals surface area (Å²) >= 11 is 0. The van der Waals surface area contributed by atoms with Gasteiger partial charge in [0.2, 0.25) is 0 Å². The summed E-state index contributed by atoms with van der Waals surface area (Å²) in [5, 5.41) is 1.58. The number of hydrogen-bond donors (Lipinski definition) is 0. The van der Waals surface area contributed by atoms with Crippen molar-refractivity contribution in [2.45, 2.75) is 39.5 Å². The third-order valence-electron chi connectivity index (χ3n) is 4.42. The topological polar surface area (TPSA) is 43.4 Å². The Kier molecular flexibility index (Phi) is 2.34. The standard InChI is InChI=1S/C17H16O3/c1-9-7-12-14(8-10(9)2)20-17(18)15-11-5-3-4-6-13(11)19-16(12)15/h7-8H,3-6H2,1-2H3. The average Bonchev–Trinajstić information content (AvgIpc) is 2.81. The van der Waals surface area contributed by atoms with Gasteiger partial charge in [0, 0.05) is 12.0 Å². The molecule has 0 spiro atoms. The molecule has 3 heteroatoms. The minimum absolute atomic E-state index is 0.261. The van der Waals surface area contributed by atoms with E-state index in [-0.39, 0.29) is 5.63 Å². The molecule has 3 nitrogen and oxygen atoms in total. The van der Waals surface area contributed by atoms with Crippen molar-refractivity contribution in [3.05, 3.63) is 45.0 Å². The highest BCUT2D eigenvalue weighted by molar-refractivity contribution is 6.02. The second-order valence-corrected chi connectivity index (χ2v) is 5.74. The molecule has 102 valence electrons. The Bertz CT molecular complexity index is 896. The van der Waals surface area contributed by atoms with Crippen molar-refractivity contribution >= 4 is 21.9 Å². The van der Waals surface area contributed by atoms with Crippen molar-refractivity contribution in [1.29, 1.82) is 0 Å². The van der Waals surface area contributed by atoms with Crippen molar-refractivity contribution in [2.75, 3.05) is 0 Å². The minimum atomic E-state index is -0.261. The largest absolute Gasteiger partial charge is 0.460 e. The van der Waals surface area contributed by atoms with Gasteiger partial charge in [-0.05, 0) is 56.4 Å². The van der Waals surface area contributed by atoms with Gasteiger partial charge in [-0.2, -0.15) is 0 Å². The molecule has 1 aliphatic carbocycles. The Hall–Kier alpha value is -2.03. The van der Waals surface area contributed by atoms with E-state index in [0.717, 1.165) is 48.0 Å². The number of aryl methyl sites for hydroxylation is 4. The maximum absolute atomic E-state index is 12.3. The second-order valence-electron chi connectivity index (χ2n) is 5.74. The lowest BCUT2D eigenvalue weighted by molar-refractivity contribution is 0.507. The van der Waals surface area contributed by atoms with Crippen molar-refractivity contribution in [3.63, 3.8) is 0 Å². The first-order valence-corrected chi connectivity index (χ1v) is 7.13. The van der Waals surface area contributed by atoms with Crippen molar-refractivity contribution < 1.29 is 8.83 Å². The van der Waals surface area contributed by atoms with E-state index in [4.69, 9.17) is 8.83 Å². The first-order valence-electron chi connectivity index (χ1n) is 7.13. The van der Waals surface area contributed by atoms with E-state index in [9.17, 15) is 4.79 Å². The molecule has 0 atom stereocenters. The molecule has 4 rings (SSSR count). The van der Waals surface area contributed by atoms with Crippen LogP contribution in [-0.2, 0) is 12.8 Å². The van der Waals surface area contributed by atoms with Crippen LogP contribution >= 0.6 is 0 Å². The zero-order chi connectivity index (χ0) is 13.9. The van der Waals surface area contributed by atoms with Gasteiger partial charge in [-0.1, -0.05) is 0 Å². The molecule has 2 heterocycles. The Morgan fingerprint density at radius 3 is 2.60 bits per heavy atom. The highest BCUT2D eigenvalue weighted by atomic mass is 16.4. The molecule has 0 fully saturated rings. The SMILES string of the molecule is Cc1cc2oc(=O)c3c4c(oc3c2cc1C)CCCC4. The van der Waals surface area contributed by atoms with Crippen LogP contribution in [0.2, 0.25) is 0 Å². The van der Waals surface area contributed by atoms with E-state index in [1.54, 1.807) is 0 Å². The molecule has 0 aliphatic heterocycles. The van der Waals surface area contributed by atoms with Crippen LogP contribution in [0, 0.1) is 13.8 Å². The van der Waals surface area contributed by atoms with E-state index in [2.05, 4.69) is 13.0 Å². The molecule has 20 heavy (non-hydrogen) atoms. The van der Waals surface area contributed by atoms with E-state index in [1.807, 2.05) is 13.0 Å². The molecule has 0 bridgehead atoms. The van der Waals surface area contributed by atoms with E-state index >= 15 is 0 Å². The van der Waals surface area contributed by atoms with E-state index in [0.29, 0.717) is 16.6 Å². The molecule has 0 N–H and O–H groups in total. The summed E-state index contributed by atoms with van der Waals surface area (Å²) in [6, 6.07) is 3.98. The Morgan fingerprint density at radius 1 is 1.00 bits per heavy atom. The zero-order valence-electron chi connectivity index (χ0n) is 11.7. The van der Waals surface area contributed by atoms with Gasteiger partial charge in [-0.25, -0.2) is 4.79 Å². The van der Waals surface area contributed by atoms with Crippen molar-refractivity contribution in [2.24, 2.45) is 0 Å². The highest BCUT2D eigenvalue weighted by Crippen LogP contribution is 2.34. The van der Waals surface area contributed by atoms with E-state index in [1.165, 1.54) is 5.56 Å². The third kappa shape index (κ3) is 1.49. The molecule has 1 aromatic carbocycles. The monoisotopic (exact) mass is 268 g/mol. The first-order chi connectivity index (χ1) is 9.65. The van der Waals surface area contributed by atoms with Gasteiger partial charge in [0.25, 0.3) is 0 Å². The first kappa shape index (κ1) is 11.8. The molecule has 0 saturated carbocycles. The Labute approximate surface area is 116 Å². The summed E-state index contributed by atoms with van der Waals surface area (Å²) in [6.07, 6.45) is 4.10. The number of furan rings is 1. The molecular weight excluding hydrogens is 252 g/mol. The fraction of sp³-hybridized carbons (Fsp3) is 0.353. The van der Waals surface area contributed by atoms with Gasteiger partial charge >= 0.3 is 5.63 Å². The molecule has 0 amide bonds. The second kappa shape index (κ2) is 3.98. The summed E-state index contributed by atoms with van der Waals surface area (Å²) in [5.74, 6) is 0.976. The van der Waals surface area contributed by atoms with Crippen LogP contribution in [0.15, 0.2) is 25.8 Å². The summed E-state index contributed by atoms with van der Waals surface area (Å²) in [5.41, 5.74) is 4.45. The minimum Gasteiger partial charge on any atom is -0.460 e. The van der Waals surface area contributed by atoms with Crippen LogP contribution in [0.25, 0.3) is 21.9 Å². The summed E-state index contributed by atoms with van der Waals surface area (Å²) < 4.78 is 11.5.